The molecule has 45 heavy (non-hydrogen) atoms. The fourth-order valence-corrected chi connectivity index (χ4v) is 7.32. The third-order valence-corrected chi connectivity index (χ3v) is 9.60. The van der Waals surface area contributed by atoms with E-state index in [1.54, 1.807) is 68.3 Å². The number of ketones is 2. The van der Waals surface area contributed by atoms with E-state index in [9.17, 15) is 39.6 Å². The summed E-state index contributed by atoms with van der Waals surface area (Å²) in [7, 11) is 6.71. The molecule has 2 aromatic rings. The molecule has 6 atom stereocenters. The van der Waals surface area contributed by atoms with Crippen LogP contribution in [-0.4, -0.2) is 94.8 Å². The lowest BCUT2D eigenvalue weighted by Gasteiger charge is -2.53. The summed E-state index contributed by atoms with van der Waals surface area (Å²) in [4.78, 5) is 55.7. The summed E-state index contributed by atoms with van der Waals surface area (Å²) in [6.07, 6.45) is -2.20. The Morgan fingerprint density at radius 1 is 1.13 bits per heavy atom. The van der Waals surface area contributed by atoms with Gasteiger partial charge in [0.2, 0.25) is 11.7 Å². The van der Waals surface area contributed by atoms with Crippen molar-refractivity contribution in [3.8, 4) is 11.5 Å². The number of carbonyl (C=O) groups excluding carboxylic acids is 4. The van der Waals surface area contributed by atoms with Crippen LogP contribution in [0.5, 0.6) is 11.5 Å². The monoisotopic (exact) mass is 686 g/mol. The number of amides is 2. The molecular formula is C31H35BrN4O9. The highest BCUT2D eigenvalue weighted by molar-refractivity contribution is 9.10. The molecule has 0 heterocycles. The molecular weight excluding hydrogens is 652 g/mol. The Morgan fingerprint density at radius 2 is 1.78 bits per heavy atom. The van der Waals surface area contributed by atoms with Gasteiger partial charge in [-0.25, -0.2) is 4.79 Å². The number of aliphatic hydroxyl groups is 3. The number of anilines is 1. The molecule has 7 N–H and O–H groups in total. The number of hydrogen-bond acceptors (Lipinski definition) is 11. The molecule has 0 aromatic heterocycles. The summed E-state index contributed by atoms with van der Waals surface area (Å²) in [5.74, 6) is -7.89. The molecule has 14 heteroatoms. The van der Waals surface area contributed by atoms with Gasteiger partial charge in [-0.2, -0.15) is 0 Å². The normalized spacial score (nSPS) is 27.4. The predicted octanol–water partition coefficient (Wildman–Crippen LogP) is 1.25. The molecule has 0 spiro atoms. The minimum Gasteiger partial charge on any atom is -0.507 e. The number of phenolic OH excluding ortho intramolecular Hbond substituents is 1. The number of aliphatic hydroxyl groups excluding tert-OH is 2. The molecule has 2 fully saturated rings. The van der Waals surface area contributed by atoms with Crippen molar-refractivity contribution < 1.29 is 44.3 Å². The summed E-state index contributed by atoms with van der Waals surface area (Å²) in [6.45, 7) is -0.206. The van der Waals surface area contributed by atoms with Crippen molar-refractivity contribution in [2.45, 2.75) is 37.1 Å². The molecule has 2 unspecified atom stereocenters. The summed E-state index contributed by atoms with van der Waals surface area (Å²) in [6, 6.07) is 7.26. The quantitative estimate of drug-likeness (QED) is 0.239. The number of fused-ring (bicyclic) bond motifs is 3. The van der Waals surface area contributed by atoms with E-state index >= 15 is 0 Å². The van der Waals surface area contributed by atoms with Crippen molar-refractivity contribution >= 4 is 50.9 Å². The first kappa shape index (κ1) is 32.4. The van der Waals surface area contributed by atoms with Gasteiger partial charge in [-0.1, -0.05) is 15.9 Å². The summed E-state index contributed by atoms with van der Waals surface area (Å²) >= 11 is 3.31. The Kier molecular flexibility index (Phi) is 8.46. The fourth-order valence-electron chi connectivity index (χ4n) is 7.05. The van der Waals surface area contributed by atoms with Crippen molar-refractivity contribution in [2.75, 3.05) is 33.1 Å². The highest BCUT2D eigenvalue weighted by Crippen LogP contribution is 2.53. The van der Waals surface area contributed by atoms with Gasteiger partial charge in [-0.05, 0) is 68.8 Å². The number of phenols is 1. The van der Waals surface area contributed by atoms with Crippen LogP contribution in [0.2, 0.25) is 0 Å². The average molecular weight is 688 g/mol. The highest BCUT2D eigenvalue weighted by atomic mass is 79.9. The predicted molar refractivity (Wildman–Crippen MR) is 165 cm³/mol. The second-order valence-electron chi connectivity index (χ2n) is 12.1. The first-order valence-corrected chi connectivity index (χ1v) is 15.0. The molecule has 5 rings (SSSR count). The van der Waals surface area contributed by atoms with Gasteiger partial charge in [-0.3, -0.25) is 14.4 Å². The van der Waals surface area contributed by atoms with Crippen molar-refractivity contribution in [1.82, 2.24) is 10.2 Å². The SMILES string of the molecule is CN(C)c1cc(CNC(=O)Oc2ccc(Br)cc2)c(O)c2c1C[C@H]1C[C@H]3[C@H](N(C)C)C(O)C(C(N)=O)C(=O)[C@@]3(O)C(=O)C1=C2O. The fraction of sp³-hybridized carbons (Fsp3) is 0.419. The zero-order valence-electron chi connectivity index (χ0n) is 25.1. The van der Waals surface area contributed by atoms with Crippen LogP contribution in [0.4, 0.5) is 10.5 Å². The minimum absolute atomic E-state index is 0.0109. The lowest BCUT2D eigenvalue weighted by molar-refractivity contribution is -0.184. The largest absolute Gasteiger partial charge is 0.507 e. The number of nitrogens with zero attached hydrogens (tertiary/aromatic N) is 2. The van der Waals surface area contributed by atoms with E-state index < -0.39 is 70.6 Å². The Labute approximate surface area is 267 Å². The Morgan fingerprint density at radius 3 is 2.36 bits per heavy atom. The van der Waals surface area contributed by atoms with Crippen molar-refractivity contribution in [3.05, 3.63) is 57.1 Å². The zero-order chi connectivity index (χ0) is 33.1. The van der Waals surface area contributed by atoms with Crippen molar-refractivity contribution in [3.63, 3.8) is 0 Å². The number of carbonyl (C=O) groups is 4. The Bertz CT molecular complexity index is 1620. The standard InChI is InChI=1S/C31H35BrN4O9/c1-35(2)19-11-14(12-34-30(43)45-16-7-5-15(32)6-8-16)24(37)21-17(19)9-13-10-18-23(36(3)4)26(39)22(29(33)42)28(41)31(18,44)27(40)20(13)25(21)38/h5-8,11,13,18,22-23,26,37-39,44H,9-10,12H2,1-4H3,(H2,33,42)(H,34,43)/t13-,18-,22?,23-,26?,31-/m0/s1. The van der Waals surface area contributed by atoms with Gasteiger partial charge in [0, 0.05) is 53.9 Å². The van der Waals surface area contributed by atoms with Crippen LogP contribution in [-0.2, 0) is 27.3 Å². The number of aromatic hydroxyl groups is 1. The number of primary amides is 1. The van der Waals surface area contributed by atoms with Gasteiger partial charge in [0.15, 0.2) is 11.4 Å². The van der Waals surface area contributed by atoms with Crippen LogP contribution in [0.1, 0.15) is 23.1 Å². The lowest BCUT2D eigenvalue weighted by atomic mass is 9.54. The number of Topliss-reactive ketones (excluding diaryl/α,β-unsaturated/α-hetero) is 2. The molecule has 3 aliphatic carbocycles. The molecule has 13 nitrogen and oxygen atoms in total. The zero-order valence-corrected chi connectivity index (χ0v) is 26.7. The van der Waals surface area contributed by atoms with E-state index in [4.69, 9.17) is 10.5 Å². The maximum absolute atomic E-state index is 14.1. The maximum Gasteiger partial charge on any atom is 0.412 e. The maximum atomic E-state index is 14.1. The molecule has 0 radical (unpaired) electrons. The summed E-state index contributed by atoms with van der Waals surface area (Å²) < 4.78 is 6.08. The number of rotatable bonds is 6. The lowest BCUT2D eigenvalue weighted by Crippen LogP contribution is -2.73. The third-order valence-electron chi connectivity index (χ3n) is 9.07. The molecule has 0 saturated heterocycles. The Balaban J connectivity index is 1.55. The van der Waals surface area contributed by atoms with Crippen LogP contribution in [0.25, 0.3) is 5.76 Å². The number of nitrogens with two attached hydrogens (primary N) is 1. The van der Waals surface area contributed by atoms with E-state index in [1.165, 1.54) is 0 Å². The van der Waals surface area contributed by atoms with Crippen LogP contribution < -0.4 is 20.7 Å². The van der Waals surface area contributed by atoms with Crippen LogP contribution >= 0.6 is 15.9 Å². The second-order valence-corrected chi connectivity index (χ2v) is 13.1. The minimum atomic E-state index is -2.75. The highest BCUT2D eigenvalue weighted by Gasteiger charge is 2.67. The summed E-state index contributed by atoms with van der Waals surface area (Å²) in [5, 5.41) is 48.4. The number of hydrogen-bond donors (Lipinski definition) is 6. The smallest absolute Gasteiger partial charge is 0.412 e. The number of ether oxygens (including phenoxy) is 1. The van der Waals surface area contributed by atoms with Gasteiger partial charge >= 0.3 is 6.09 Å². The van der Waals surface area contributed by atoms with Gasteiger partial charge in [0.25, 0.3) is 0 Å². The van der Waals surface area contributed by atoms with Gasteiger partial charge in [0.1, 0.15) is 23.2 Å². The number of halogens is 1. The molecule has 2 saturated carbocycles. The van der Waals surface area contributed by atoms with Crippen LogP contribution in [0.3, 0.4) is 0 Å². The van der Waals surface area contributed by atoms with Gasteiger partial charge in [0.05, 0.1) is 11.7 Å². The van der Waals surface area contributed by atoms with E-state index in [0.717, 1.165) is 4.47 Å². The molecule has 0 bridgehead atoms. The Hall–Kier alpha value is -3.98. The number of benzene rings is 2. The third kappa shape index (κ3) is 5.25. The topological polar surface area (TPSA) is 203 Å². The molecule has 240 valence electrons. The first-order valence-electron chi connectivity index (χ1n) is 14.2. The molecule has 3 aliphatic rings. The molecule has 2 amide bonds. The summed E-state index contributed by atoms with van der Waals surface area (Å²) in [5.41, 5.74) is 3.68. The van der Waals surface area contributed by atoms with E-state index in [-0.39, 0.29) is 36.1 Å². The number of nitrogens with one attached hydrogen (secondary N) is 1. The van der Waals surface area contributed by atoms with Gasteiger partial charge < -0.3 is 46.0 Å². The second kappa shape index (κ2) is 11.7. The van der Waals surface area contributed by atoms with E-state index in [2.05, 4.69) is 21.2 Å². The van der Waals surface area contributed by atoms with E-state index in [1.807, 2.05) is 0 Å². The first-order chi connectivity index (χ1) is 21.1. The molecule has 2 aromatic carbocycles. The van der Waals surface area contributed by atoms with Gasteiger partial charge in [-0.15, -0.1) is 0 Å². The number of likely N-dealkylation sites (N-methyl/N-ethyl adjacent to an activating group) is 1. The van der Waals surface area contributed by atoms with E-state index in [0.29, 0.717) is 17.0 Å². The molecule has 0 aliphatic heterocycles. The van der Waals surface area contributed by atoms with Crippen LogP contribution in [0, 0.1) is 17.8 Å². The average Bonchev–Trinajstić information content (AvgIpc) is 2.95. The van der Waals surface area contributed by atoms with Crippen molar-refractivity contribution in [2.24, 2.45) is 23.5 Å². The van der Waals surface area contributed by atoms with Crippen LogP contribution in [0.15, 0.2) is 40.4 Å². The van der Waals surface area contributed by atoms with Crippen molar-refractivity contribution in [1.29, 1.82) is 0 Å².